The van der Waals surface area contributed by atoms with E-state index in [4.69, 9.17) is 0 Å². The van der Waals surface area contributed by atoms with Crippen molar-refractivity contribution in [3.63, 3.8) is 0 Å². The molecule has 1 aromatic rings. The van der Waals surface area contributed by atoms with Crippen molar-refractivity contribution in [3.8, 4) is 0 Å². The third-order valence-corrected chi connectivity index (χ3v) is 4.83. The molecule has 1 fully saturated rings. The number of hydrogen-bond acceptors (Lipinski definition) is 2. The van der Waals surface area contributed by atoms with Gasteiger partial charge in [-0.05, 0) is 50.3 Å². The molecule has 1 aromatic heterocycles. The number of aryl methyl sites for hydroxylation is 1. The maximum absolute atomic E-state index is 3.64. The first-order chi connectivity index (χ1) is 7.20. The lowest BCUT2D eigenvalue weighted by atomic mass is 10.2. The molecule has 15 heavy (non-hydrogen) atoms. The second-order valence-electron chi connectivity index (χ2n) is 4.76. The van der Waals surface area contributed by atoms with Crippen LogP contribution in [0, 0.1) is 11.8 Å². The fraction of sp³-hybridized carbons (Fsp3) is 0.692. The van der Waals surface area contributed by atoms with Crippen LogP contribution in [0.15, 0.2) is 12.1 Å². The Balaban J connectivity index is 1.81. The molecule has 0 spiro atoms. The highest BCUT2D eigenvalue weighted by Gasteiger charge is 2.32. The van der Waals surface area contributed by atoms with Crippen LogP contribution in [-0.2, 0) is 6.42 Å². The molecule has 3 unspecified atom stereocenters. The van der Waals surface area contributed by atoms with Crippen LogP contribution in [0.2, 0.25) is 0 Å². The summed E-state index contributed by atoms with van der Waals surface area (Å²) in [5.74, 6) is 1.90. The van der Waals surface area contributed by atoms with Crippen LogP contribution in [0.3, 0.4) is 0 Å². The van der Waals surface area contributed by atoms with Gasteiger partial charge in [-0.1, -0.05) is 13.8 Å². The van der Waals surface area contributed by atoms with Crippen molar-refractivity contribution in [1.82, 2.24) is 5.32 Å². The SMILES string of the molecule is CCc1ccc(C(C)NCC2CC2C)s1. The highest BCUT2D eigenvalue weighted by Crippen LogP contribution is 2.37. The number of rotatable bonds is 5. The van der Waals surface area contributed by atoms with E-state index in [9.17, 15) is 0 Å². The van der Waals surface area contributed by atoms with E-state index in [2.05, 4.69) is 38.2 Å². The molecule has 3 atom stereocenters. The summed E-state index contributed by atoms with van der Waals surface area (Å²) in [6.07, 6.45) is 2.58. The van der Waals surface area contributed by atoms with Crippen molar-refractivity contribution in [2.75, 3.05) is 6.54 Å². The summed E-state index contributed by atoms with van der Waals surface area (Å²) in [6.45, 7) is 8.04. The van der Waals surface area contributed by atoms with E-state index in [1.807, 2.05) is 11.3 Å². The molecule has 0 radical (unpaired) electrons. The average Bonchev–Trinajstić information content (AvgIpc) is 2.78. The monoisotopic (exact) mass is 223 g/mol. The zero-order chi connectivity index (χ0) is 10.8. The normalized spacial score (nSPS) is 26.6. The summed E-state index contributed by atoms with van der Waals surface area (Å²) in [4.78, 5) is 2.98. The van der Waals surface area contributed by atoms with Gasteiger partial charge in [0, 0.05) is 15.8 Å². The number of thiophene rings is 1. The third-order valence-electron chi connectivity index (χ3n) is 3.42. The van der Waals surface area contributed by atoms with Gasteiger partial charge in [0.15, 0.2) is 0 Å². The molecule has 1 aliphatic carbocycles. The van der Waals surface area contributed by atoms with E-state index >= 15 is 0 Å². The van der Waals surface area contributed by atoms with Gasteiger partial charge in [-0.15, -0.1) is 11.3 Å². The predicted octanol–water partition coefficient (Wildman–Crippen LogP) is 3.62. The maximum atomic E-state index is 3.64. The van der Waals surface area contributed by atoms with Gasteiger partial charge >= 0.3 is 0 Å². The molecule has 1 heterocycles. The minimum atomic E-state index is 0.531. The first kappa shape index (κ1) is 11.2. The molecule has 0 bridgehead atoms. The fourth-order valence-electron chi connectivity index (χ4n) is 1.93. The first-order valence-electron chi connectivity index (χ1n) is 6.02. The largest absolute Gasteiger partial charge is 0.309 e. The summed E-state index contributed by atoms with van der Waals surface area (Å²) < 4.78 is 0. The average molecular weight is 223 g/mol. The van der Waals surface area contributed by atoms with E-state index in [1.54, 1.807) is 0 Å². The second-order valence-corrected chi connectivity index (χ2v) is 5.96. The summed E-state index contributed by atoms with van der Waals surface area (Å²) >= 11 is 1.95. The van der Waals surface area contributed by atoms with E-state index in [0.29, 0.717) is 6.04 Å². The van der Waals surface area contributed by atoms with Crippen molar-refractivity contribution >= 4 is 11.3 Å². The molecule has 84 valence electrons. The van der Waals surface area contributed by atoms with E-state index in [0.717, 1.165) is 18.3 Å². The van der Waals surface area contributed by atoms with Crippen LogP contribution in [0.25, 0.3) is 0 Å². The second kappa shape index (κ2) is 4.67. The molecule has 0 aliphatic heterocycles. The Kier molecular flexibility index (Phi) is 3.47. The van der Waals surface area contributed by atoms with Crippen LogP contribution in [0.4, 0.5) is 0 Å². The van der Waals surface area contributed by atoms with E-state index in [1.165, 1.54) is 22.7 Å². The Labute approximate surface area is 96.9 Å². The topological polar surface area (TPSA) is 12.0 Å². The minimum Gasteiger partial charge on any atom is -0.309 e. The minimum absolute atomic E-state index is 0.531. The molecule has 1 aliphatic rings. The van der Waals surface area contributed by atoms with Crippen LogP contribution >= 0.6 is 11.3 Å². The number of nitrogens with one attached hydrogen (secondary N) is 1. The lowest BCUT2D eigenvalue weighted by Gasteiger charge is -2.11. The van der Waals surface area contributed by atoms with E-state index in [-0.39, 0.29) is 0 Å². The molecule has 2 rings (SSSR count). The van der Waals surface area contributed by atoms with Gasteiger partial charge in [-0.2, -0.15) is 0 Å². The maximum Gasteiger partial charge on any atom is 0.0386 e. The first-order valence-corrected chi connectivity index (χ1v) is 6.84. The van der Waals surface area contributed by atoms with Crippen LogP contribution in [0.1, 0.15) is 43.0 Å². The van der Waals surface area contributed by atoms with Crippen LogP contribution in [-0.4, -0.2) is 6.54 Å². The Hall–Kier alpha value is -0.340. The van der Waals surface area contributed by atoms with Gasteiger partial charge in [0.05, 0.1) is 0 Å². The molecular formula is C13H21NS. The highest BCUT2D eigenvalue weighted by molar-refractivity contribution is 7.12. The Morgan fingerprint density at radius 1 is 1.53 bits per heavy atom. The van der Waals surface area contributed by atoms with Gasteiger partial charge in [-0.3, -0.25) is 0 Å². The molecule has 2 heteroatoms. The van der Waals surface area contributed by atoms with Crippen LogP contribution in [0.5, 0.6) is 0 Å². The zero-order valence-electron chi connectivity index (χ0n) is 9.92. The summed E-state index contributed by atoms with van der Waals surface area (Å²) in [6, 6.07) is 5.07. The predicted molar refractivity (Wildman–Crippen MR) is 67.4 cm³/mol. The number of hydrogen-bond donors (Lipinski definition) is 1. The smallest absolute Gasteiger partial charge is 0.0386 e. The van der Waals surface area contributed by atoms with Gasteiger partial charge in [0.2, 0.25) is 0 Å². The molecule has 0 amide bonds. The van der Waals surface area contributed by atoms with Crippen molar-refractivity contribution in [1.29, 1.82) is 0 Å². The third kappa shape index (κ3) is 2.82. The zero-order valence-corrected chi connectivity index (χ0v) is 10.7. The molecular weight excluding hydrogens is 202 g/mol. The Morgan fingerprint density at radius 3 is 2.80 bits per heavy atom. The molecule has 1 N–H and O–H groups in total. The lowest BCUT2D eigenvalue weighted by molar-refractivity contribution is 0.541. The fourth-order valence-corrected chi connectivity index (χ4v) is 2.91. The summed E-state index contributed by atoms with van der Waals surface area (Å²) in [5, 5.41) is 3.64. The van der Waals surface area contributed by atoms with Crippen LogP contribution < -0.4 is 5.32 Å². The van der Waals surface area contributed by atoms with Crippen molar-refractivity contribution in [3.05, 3.63) is 21.9 Å². The molecule has 1 nitrogen and oxygen atoms in total. The summed E-state index contributed by atoms with van der Waals surface area (Å²) in [7, 11) is 0. The Morgan fingerprint density at radius 2 is 2.27 bits per heavy atom. The standard InChI is InChI=1S/C13H21NS/c1-4-12-5-6-13(15-12)10(3)14-8-11-7-9(11)2/h5-6,9-11,14H,4,7-8H2,1-3H3. The highest BCUT2D eigenvalue weighted by atomic mass is 32.1. The van der Waals surface area contributed by atoms with Crippen molar-refractivity contribution in [2.24, 2.45) is 11.8 Å². The van der Waals surface area contributed by atoms with Gasteiger partial charge in [0.1, 0.15) is 0 Å². The van der Waals surface area contributed by atoms with Crippen molar-refractivity contribution < 1.29 is 0 Å². The molecule has 1 saturated carbocycles. The molecule has 0 aromatic carbocycles. The quantitative estimate of drug-likeness (QED) is 0.804. The molecule has 0 saturated heterocycles. The van der Waals surface area contributed by atoms with Crippen molar-refractivity contribution in [2.45, 2.75) is 39.7 Å². The summed E-state index contributed by atoms with van der Waals surface area (Å²) in [5.41, 5.74) is 0. The van der Waals surface area contributed by atoms with Gasteiger partial charge in [-0.25, -0.2) is 0 Å². The van der Waals surface area contributed by atoms with Gasteiger partial charge < -0.3 is 5.32 Å². The lowest BCUT2D eigenvalue weighted by Crippen LogP contribution is -2.20. The van der Waals surface area contributed by atoms with E-state index < -0.39 is 0 Å². The Bertz CT molecular complexity index is 318. The van der Waals surface area contributed by atoms with Gasteiger partial charge in [0.25, 0.3) is 0 Å².